The molecule has 8 heteroatoms. The highest BCUT2D eigenvalue weighted by atomic mass is 16.4. The van der Waals surface area contributed by atoms with Crippen molar-refractivity contribution in [1.29, 1.82) is 0 Å². The maximum atomic E-state index is 13.9. The first-order valence-corrected chi connectivity index (χ1v) is 14.8. The highest BCUT2D eigenvalue weighted by molar-refractivity contribution is 5.86. The van der Waals surface area contributed by atoms with Crippen molar-refractivity contribution in [2.24, 2.45) is 5.92 Å². The lowest BCUT2D eigenvalue weighted by Gasteiger charge is -2.40. The first kappa shape index (κ1) is 29.7. The molecule has 2 unspecified atom stereocenters. The van der Waals surface area contributed by atoms with E-state index in [-0.39, 0.29) is 30.7 Å². The fourth-order valence-corrected chi connectivity index (χ4v) is 6.07. The van der Waals surface area contributed by atoms with Crippen molar-refractivity contribution >= 4 is 17.8 Å². The zero-order chi connectivity index (χ0) is 28.2. The molecule has 1 saturated heterocycles. The van der Waals surface area contributed by atoms with Crippen LogP contribution in [0.15, 0.2) is 60.7 Å². The maximum Gasteiger partial charge on any atom is 0.305 e. The molecule has 1 aliphatic heterocycles. The smallest absolute Gasteiger partial charge is 0.305 e. The highest BCUT2D eigenvalue weighted by Crippen LogP contribution is 2.29. The molecular weight excluding hydrogens is 504 g/mol. The predicted octanol–water partition coefficient (Wildman–Crippen LogP) is 3.11. The first-order valence-electron chi connectivity index (χ1n) is 14.8. The van der Waals surface area contributed by atoms with E-state index < -0.39 is 12.0 Å². The van der Waals surface area contributed by atoms with Crippen LogP contribution in [-0.2, 0) is 27.2 Å². The van der Waals surface area contributed by atoms with Crippen LogP contribution in [0, 0.1) is 5.92 Å². The number of hydrogen-bond acceptors (Lipinski definition) is 5. The third kappa shape index (κ3) is 9.45. The van der Waals surface area contributed by atoms with Gasteiger partial charge in [-0.1, -0.05) is 67.1 Å². The Morgan fingerprint density at radius 3 is 2.25 bits per heavy atom. The van der Waals surface area contributed by atoms with E-state index in [9.17, 15) is 19.5 Å². The third-order valence-corrected chi connectivity index (χ3v) is 8.23. The third-order valence-electron chi connectivity index (χ3n) is 8.23. The molecule has 1 heterocycles. The van der Waals surface area contributed by atoms with Crippen molar-refractivity contribution in [1.82, 2.24) is 20.4 Å². The zero-order valence-corrected chi connectivity index (χ0v) is 23.5. The second kappa shape index (κ2) is 15.5. The van der Waals surface area contributed by atoms with E-state index in [1.807, 2.05) is 60.7 Å². The number of amides is 2. The Balaban J connectivity index is 1.40. The Bertz CT molecular complexity index is 1070. The standard InChI is InChI=1S/C32H44N4O4/c37-30(34-28(23-31(38)39)15-14-25-8-3-1-4-9-25)24-36(19-16-26-10-5-2-6-11-26)32(40)27-12-7-13-29(22-27)35-20-17-33-18-21-35/h1-6,8-11,27-29,33H,7,12-24H2,(H,34,37)(H,38,39)/t27?,28-,29?/m1/s1. The van der Waals surface area contributed by atoms with Gasteiger partial charge in [0.1, 0.15) is 0 Å². The van der Waals surface area contributed by atoms with Gasteiger partial charge in [0.05, 0.1) is 13.0 Å². The summed E-state index contributed by atoms with van der Waals surface area (Å²) in [6, 6.07) is 19.8. The van der Waals surface area contributed by atoms with Gasteiger partial charge in [0.25, 0.3) is 0 Å². The number of carbonyl (C=O) groups is 3. The largest absolute Gasteiger partial charge is 0.481 e. The predicted molar refractivity (Wildman–Crippen MR) is 156 cm³/mol. The molecule has 3 atom stereocenters. The fraction of sp³-hybridized carbons (Fsp3) is 0.531. The number of carboxylic acids is 1. The first-order chi connectivity index (χ1) is 19.5. The summed E-state index contributed by atoms with van der Waals surface area (Å²) in [7, 11) is 0. The van der Waals surface area contributed by atoms with E-state index in [4.69, 9.17) is 0 Å². The lowest BCUT2D eigenvalue weighted by atomic mass is 9.83. The van der Waals surface area contributed by atoms with E-state index in [1.54, 1.807) is 4.90 Å². The Hall–Kier alpha value is -3.23. The van der Waals surface area contributed by atoms with Gasteiger partial charge in [-0.15, -0.1) is 0 Å². The Morgan fingerprint density at radius 1 is 0.950 bits per heavy atom. The SMILES string of the molecule is O=C(O)C[C@@H](CCc1ccccc1)NC(=O)CN(CCc1ccccc1)C(=O)C1CCCC(N2CCNCC2)C1. The summed E-state index contributed by atoms with van der Waals surface area (Å²) in [5.41, 5.74) is 2.22. The lowest BCUT2D eigenvalue weighted by molar-refractivity contribution is -0.142. The van der Waals surface area contributed by atoms with Crippen molar-refractivity contribution in [2.75, 3.05) is 39.3 Å². The number of benzene rings is 2. The van der Waals surface area contributed by atoms with Crippen LogP contribution in [0.1, 0.15) is 49.7 Å². The molecule has 2 fully saturated rings. The molecule has 0 bridgehead atoms. The van der Waals surface area contributed by atoms with Gasteiger partial charge < -0.3 is 20.6 Å². The van der Waals surface area contributed by atoms with Crippen LogP contribution in [-0.4, -0.2) is 84.0 Å². The molecule has 1 aliphatic carbocycles. The number of rotatable bonds is 13. The Morgan fingerprint density at radius 2 is 1.60 bits per heavy atom. The molecule has 0 aromatic heterocycles. The number of carbonyl (C=O) groups excluding carboxylic acids is 2. The van der Waals surface area contributed by atoms with Crippen LogP contribution < -0.4 is 10.6 Å². The van der Waals surface area contributed by atoms with Crippen molar-refractivity contribution in [3.8, 4) is 0 Å². The summed E-state index contributed by atoms with van der Waals surface area (Å²) in [6.07, 6.45) is 5.53. The summed E-state index contributed by atoms with van der Waals surface area (Å²) < 4.78 is 0. The summed E-state index contributed by atoms with van der Waals surface area (Å²) in [5.74, 6) is -1.29. The van der Waals surface area contributed by atoms with Gasteiger partial charge >= 0.3 is 5.97 Å². The van der Waals surface area contributed by atoms with Gasteiger partial charge in [-0.25, -0.2) is 0 Å². The van der Waals surface area contributed by atoms with Crippen molar-refractivity contribution in [3.63, 3.8) is 0 Å². The lowest BCUT2D eigenvalue weighted by Crippen LogP contribution is -2.52. The minimum Gasteiger partial charge on any atom is -0.481 e. The molecule has 0 spiro atoms. The van der Waals surface area contributed by atoms with E-state index in [2.05, 4.69) is 15.5 Å². The number of carboxylic acid groups (broad SMARTS) is 1. The highest BCUT2D eigenvalue weighted by Gasteiger charge is 2.34. The molecule has 0 radical (unpaired) electrons. The number of nitrogens with zero attached hydrogens (tertiary/aromatic N) is 2. The van der Waals surface area contributed by atoms with Crippen LogP contribution in [0.3, 0.4) is 0 Å². The minimum atomic E-state index is -0.948. The molecule has 8 nitrogen and oxygen atoms in total. The second-order valence-corrected chi connectivity index (χ2v) is 11.2. The van der Waals surface area contributed by atoms with Crippen LogP contribution >= 0.6 is 0 Å². The fourth-order valence-electron chi connectivity index (χ4n) is 6.07. The minimum absolute atomic E-state index is 0.0463. The molecule has 2 aliphatic rings. The van der Waals surface area contributed by atoms with Gasteiger partial charge in [-0.3, -0.25) is 19.3 Å². The molecule has 2 aromatic rings. The van der Waals surface area contributed by atoms with Gasteiger partial charge in [0.15, 0.2) is 0 Å². The summed E-state index contributed by atoms with van der Waals surface area (Å²) in [4.78, 5) is 42.9. The van der Waals surface area contributed by atoms with Crippen LogP contribution in [0.5, 0.6) is 0 Å². The van der Waals surface area contributed by atoms with Gasteiger partial charge in [0.2, 0.25) is 11.8 Å². The van der Waals surface area contributed by atoms with Gasteiger partial charge in [-0.05, 0) is 49.7 Å². The normalized spacial score (nSPS) is 20.4. The molecule has 2 aromatic carbocycles. The summed E-state index contributed by atoms with van der Waals surface area (Å²) in [5, 5.41) is 15.8. The van der Waals surface area contributed by atoms with Crippen molar-refractivity contribution in [2.45, 2.75) is 63.5 Å². The van der Waals surface area contributed by atoms with Crippen LogP contribution in [0.4, 0.5) is 0 Å². The van der Waals surface area contributed by atoms with E-state index in [0.29, 0.717) is 31.8 Å². The number of aliphatic carboxylic acids is 1. The average Bonchev–Trinajstić information content (AvgIpc) is 2.99. The zero-order valence-electron chi connectivity index (χ0n) is 23.5. The van der Waals surface area contributed by atoms with Crippen molar-refractivity contribution in [3.05, 3.63) is 71.8 Å². The molecular formula is C32H44N4O4. The quantitative estimate of drug-likeness (QED) is 0.356. The number of hydrogen-bond donors (Lipinski definition) is 3. The monoisotopic (exact) mass is 548 g/mol. The van der Waals surface area contributed by atoms with Crippen LogP contribution in [0.25, 0.3) is 0 Å². The van der Waals surface area contributed by atoms with E-state index in [0.717, 1.165) is 63.0 Å². The molecule has 3 N–H and O–H groups in total. The molecule has 1 saturated carbocycles. The Labute approximate surface area is 238 Å². The van der Waals surface area contributed by atoms with E-state index >= 15 is 0 Å². The Kier molecular flexibility index (Phi) is 11.5. The number of aryl methyl sites for hydroxylation is 1. The topological polar surface area (TPSA) is 102 Å². The number of nitrogens with one attached hydrogen (secondary N) is 2. The molecule has 216 valence electrons. The number of piperazine rings is 1. The van der Waals surface area contributed by atoms with Gasteiger partial charge in [0, 0.05) is 50.7 Å². The van der Waals surface area contributed by atoms with Gasteiger partial charge in [-0.2, -0.15) is 0 Å². The van der Waals surface area contributed by atoms with Crippen LogP contribution in [0.2, 0.25) is 0 Å². The van der Waals surface area contributed by atoms with Crippen molar-refractivity contribution < 1.29 is 19.5 Å². The molecule has 40 heavy (non-hydrogen) atoms. The second-order valence-electron chi connectivity index (χ2n) is 11.2. The summed E-state index contributed by atoms with van der Waals surface area (Å²) >= 11 is 0. The average molecular weight is 549 g/mol. The maximum absolute atomic E-state index is 13.9. The summed E-state index contributed by atoms with van der Waals surface area (Å²) in [6.45, 7) is 4.40. The molecule has 4 rings (SSSR count). The van der Waals surface area contributed by atoms with E-state index in [1.165, 1.54) is 0 Å². The molecule has 2 amide bonds.